The quantitative estimate of drug-likeness (QED) is 0.249. The minimum atomic E-state index is -0.647. The highest BCUT2D eigenvalue weighted by Gasteiger charge is 2.20. The van der Waals surface area contributed by atoms with Gasteiger partial charge in [-0.1, -0.05) is 45.0 Å². The molecule has 2 amide bonds. The van der Waals surface area contributed by atoms with Crippen molar-refractivity contribution in [3.8, 4) is 5.75 Å². The molecule has 0 spiro atoms. The Balaban J connectivity index is 1.96. The van der Waals surface area contributed by atoms with E-state index in [9.17, 15) is 14.7 Å². The van der Waals surface area contributed by atoms with E-state index in [2.05, 4.69) is 41.4 Å². The number of benzene rings is 3. The number of nitrogens with zero attached hydrogens (tertiary/aromatic N) is 2. The van der Waals surface area contributed by atoms with Crippen LogP contribution in [0.3, 0.4) is 0 Å². The Hall–Kier alpha value is -4.66. The van der Waals surface area contributed by atoms with Gasteiger partial charge in [-0.2, -0.15) is 0 Å². The number of phenolic OH excluding ortho intramolecular Hbond substituents is 1. The molecule has 0 aliphatic rings. The van der Waals surface area contributed by atoms with Crippen molar-refractivity contribution in [2.75, 3.05) is 10.6 Å². The molecule has 0 aromatic heterocycles. The molecule has 3 rings (SSSR count). The SMILES string of the molecule is CC(C)(C)OC(=O)Nc1ccccc1N=Cc1cc(C(C)(C)C)cc(C=Nc2ccccc2NC(=O)OC(C)(C)C)c1O. The molecule has 0 heterocycles. The molecule has 0 fully saturated rings. The van der Waals surface area contributed by atoms with Crippen molar-refractivity contribution in [1.82, 2.24) is 0 Å². The van der Waals surface area contributed by atoms with Crippen molar-refractivity contribution in [2.24, 2.45) is 9.98 Å². The minimum Gasteiger partial charge on any atom is -0.507 e. The third-order valence-electron chi connectivity index (χ3n) is 5.80. The molecule has 3 aromatic rings. The van der Waals surface area contributed by atoms with Crippen LogP contribution in [-0.2, 0) is 14.9 Å². The van der Waals surface area contributed by atoms with Gasteiger partial charge in [0.2, 0.25) is 0 Å². The Kier molecular flexibility index (Phi) is 10.0. The van der Waals surface area contributed by atoms with Gasteiger partial charge < -0.3 is 14.6 Å². The summed E-state index contributed by atoms with van der Waals surface area (Å²) >= 11 is 0. The van der Waals surface area contributed by atoms with Crippen LogP contribution in [0.1, 0.15) is 79.0 Å². The number of carbonyl (C=O) groups excluding carboxylic acids is 2. The molecule has 43 heavy (non-hydrogen) atoms. The minimum absolute atomic E-state index is 0.0179. The van der Waals surface area contributed by atoms with Gasteiger partial charge in [-0.25, -0.2) is 9.59 Å². The van der Waals surface area contributed by atoms with E-state index in [0.29, 0.717) is 33.9 Å². The molecule has 228 valence electrons. The van der Waals surface area contributed by atoms with Crippen LogP contribution < -0.4 is 10.6 Å². The second kappa shape index (κ2) is 13.1. The van der Waals surface area contributed by atoms with Gasteiger partial charge in [0, 0.05) is 23.6 Å². The number of carbonyl (C=O) groups is 2. The lowest BCUT2D eigenvalue weighted by atomic mass is 9.85. The lowest BCUT2D eigenvalue weighted by Gasteiger charge is -2.21. The highest BCUT2D eigenvalue weighted by atomic mass is 16.6. The molecule has 0 aliphatic heterocycles. The van der Waals surface area contributed by atoms with Crippen molar-refractivity contribution in [3.05, 3.63) is 77.4 Å². The highest BCUT2D eigenvalue weighted by Crippen LogP contribution is 2.32. The number of rotatable bonds is 6. The Labute approximate surface area is 254 Å². The van der Waals surface area contributed by atoms with Gasteiger partial charge in [0.05, 0.1) is 22.7 Å². The number of aromatic hydroxyl groups is 1. The van der Waals surface area contributed by atoms with Gasteiger partial charge in [0.15, 0.2) is 0 Å². The number of nitrogens with one attached hydrogen (secondary N) is 2. The fourth-order valence-electron chi connectivity index (χ4n) is 3.80. The van der Waals surface area contributed by atoms with Gasteiger partial charge in [0.25, 0.3) is 0 Å². The van der Waals surface area contributed by atoms with Crippen LogP contribution in [0.25, 0.3) is 0 Å². The van der Waals surface area contributed by atoms with E-state index in [0.717, 1.165) is 5.56 Å². The van der Waals surface area contributed by atoms with Gasteiger partial charge in [-0.3, -0.25) is 20.6 Å². The molecule has 0 aliphatic carbocycles. The summed E-state index contributed by atoms with van der Waals surface area (Å²) in [5, 5.41) is 16.7. The van der Waals surface area contributed by atoms with Crippen molar-refractivity contribution >= 4 is 47.4 Å². The average Bonchev–Trinajstić information content (AvgIpc) is 2.86. The third-order valence-corrected chi connectivity index (χ3v) is 5.80. The first-order valence-corrected chi connectivity index (χ1v) is 14.0. The monoisotopic (exact) mass is 586 g/mol. The lowest BCUT2D eigenvalue weighted by molar-refractivity contribution is 0.0624. The van der Waals surface area contributed by atoms with E-state index in [1.165, 1.54) is 0 Å². The van der Waals surface area contributed by atoms with Crippen LogP contribution in [0.15, 0.2) is 70.6 Å². The number of para-hydroxylation sites is 4. The largest absolute Gasteiger partial charge is 0.507 e. The van der Waals surface area contributed by atoms with Crippen molar-refractivity contribution in [1.29, 1.82) is 0 Å². The zero-order valence-electron chi connectivity index (χ0n) is 26.4. The fourth-order valence-corrected chi connectivity index (χ4v) is 3.80. The van der Waals surface area contributed by atoms with Crippen LogP contribution in [0.4, 0.5) is 32.3 Å². The number of phenols is 1. The van der Waals surface area contributed by atoms with Gasteiger partial charge >= 0.3 is 12.2 Å². The number of hydrogen-bond donors (Lipinski definition) is 3. The second-order valence-electron chi connectivity index (χ2n) is 13.1. The molecular formula is C34H42N4O5. The summed E-state index contributed by atoms with van der Waals surface area (Å²) in [6.07, 6.45) is 1.92. The highest BCUT2D eigenvalue weighted by molar-refractivity contribution is 5.97. The van der Waals surface area contributed by atoms with Crippen LogP contribution in [0.2, 0.25) is 0 Å². The molecule has 9 heteroatoms. The molecule has 0 saturated carbocycles. The molecule has 3 N–H and O–H groups in total. The normalized spacial score (nSPS) is 12.4. The molecule has 9 nitrogen and oxygen atoms in total. The summed E-state index contributed by atoms with van der Waals surface area (Å²) in [7, 11) is 0. The zero-order chi connectivity index (χ0) is 32.0. The van der Waals surface area contributed by atoms with E-state index < -0.39 is 23.4 Å². The van der Waals surface area contributed by atoms with Crippen LogP contribution in [0.5, 0.6) is 5.75 Å². The Bertz CT molecular complexity index is 1420. The van der Waals surface area contributed by atoms with Crippen molar-refractivity contribution in [3.63, 3.8) is 0 Å². The van der Waals surface area contributed by atoms with E-state index in [-0.39, 0.29) is 11.2 Å². The van der Waals surface area contributed by atoms with E-state index in [4.69, 9.17) is 9.47 Å². The van der Waals surface area contributed by atoms with Crippen LogP contribution in [-0.4, -0.2) is 40.9 Å². The van der Waals surface area contributed by atoms with Crippen molar-refractivity contribution in [2.45, 2.75) is 78.9 Å². The van der Waals surface area contributed by atoms with Gasteiger partial charge in [-0.05, 0) is 88.9 Å². The smallest absolute Gasteiger partial charge is 0.412 e. The molecule has 0 unspecified atom stereocenters. The Morgan fingerprint density at radius 1 is 0.674 bits per heavy atom. The first-order chi connectivity index (χ1) is 19.9. The molecule has 0 bridgehead atoms. The Morgan fingerprint density at radius 3 is 1.40 bits per heavy atom. The maximum atomic E-state index is 12.4. The standard InChI is InChI=1S/C34H42N4O5/c1-32(2,3)24-18-22(20-35-25-14-10-12-16-27(25)37-30(40)42-33(4,5)6)29(39)23(19-24)21-36-26-15-11-13-17-28(26)38-31(41)43-34(7,8)9/h10-21,39H,1-9H3,(H,37,40)(H,38,41). The van der Waals surface area contributed by atoms with Crippen molar-refractivity contribution < 1.29 is 24.2 Å². The summed E-state index contributed by atoms with van der Waals surface area (Å²) in [5.74, 6) is -0.0179. The zero-order valence-corrected chi connectivity index (χ0v) is 26.4. The van der Waals surface area contributed by atoms with Crippen LogP contribution in [0, 0.1) is 0 Å². The summed E-state index contributed by atoms with van der Waals surface area (Å²) < 4.78 is 10.7. The first kappa shape index (κ1) is 32.8. The van der Waals surface area contributed by atoms with E-state index >= 15 is 0 Å². The van der Waals surface area contributed by atoms with Gasteiger partial charge in [0.1, 0.15) is 17.0 Å². The number of amides is 2. The molecule has 3 aromatic carbocycles. The fraction of sp³-hybridized carbons (Fsp3) is 0.353. The second-order valence-corrected chi connectivity index (χ2v) is 13.1. The third kappa shape index (κ3) is 10.3. The maximum Gasteiger partial charge on any atom is 0.412 e. The van der Waals surface area contributed by atoms with Crippen LogP contribution >= 0.6 is 0 Å². The topological polar surface area (TPSA) is 122 Å². The summed E-state index contributed by atoms with van der Waals surface area (Å²) in [6.45, 7) is 17.0. The van der Waals surface area contributed by atoms with E-state index in [1.54, 1.807) is 103 Å². The maximum absolute atomic E-state index is 12.4. The number of aliphatic imine (C=N–C) groups is 2. The summed E-state index contributed by atoms with van der Waals surface area (Å²) in [4.78, 5) is 33.9. The Morgan fingerprint density at radius 2 is 1.05 bits per heavy atom. The lowest BCUT2D eigenvalue weighted by Crippen LogP contribution is -2.27. The molecule has 0 saturated heterocycles. The summed E-state index contributed by atoms with van der Waals surface area (Å²) in [6, 6.07) is 17.9. The number of hydrogen-bond acceptors (Lipinski definition) is 7. The number of anilines is 2. The predicted molar refractivity (Wildman–Crippen MR) is 174 cm³/mol. The average molecular weight is 587 g/mol. The van der Waals surface area contributed by atoms with Gasteiger partial charge in [-0.15, -0.1) is 0 Å². The van der Waals surface area contributed by atoms with E-state index in [1.807, 2.05) is 12.1 Å². The molecule has 0 atom stereocenters. The molecule has 0 radical (unpaired) electrons. The predicted octanol–water partition coefficient (Wildman–Crippen LogP) is 8.88. The molecular weight excluding hydrogens is 544 g/mol. The summed E-state index contributed by atoms with van der Waals surface area (Å²) in [5.41, 5.74) is 2.28. The first-order valence-electron chi connectivity index (χ1n) is 14.0. The number of ether oxygens (including phenoxy) is 2.